The number of hydrogen-bond acceptors (Lipinski definition) is 4. The molecule has 0 radical (unpaired) electrons. The molecule has 1 amide bonds. The van der Waals surface area contributed by atoms with Crippen molar-refractivity contribution in [2.24, 2.45) is 5.92 Å². The lowest BCUT2D eigenvalue weighted by Gasteiger charge is -2.23. The number of thioether (sulfide) groups is 1. The lowest BCUT2D eigenvalue weighted by molar-refractivity contribution is 0.0922. The molecule has 3 rings (SSSR count). The Morgan fingerprint density at radius 2 is 1.81 bits per heavy atom. The third-order valence-electron chi connectivity index (χ3n) is 4.75. The van der Waals surface area contributed by atoms with E-state index in [2.05, 4.69) is 22.1 Å². The highest BCUT2D eigenvalue weighted by molar-refractivity contribution is 7.98. The molecular formula is C23H23Cl3N4OS. The van der Waals surface area contributed by atoms with Crippen molar-refractivity contribution in [2.45, 2.75) is 37.3 Å². The fraction of sp³-hybridized carbons (Fsp3) is 0.261. The zero-order valence-electron chi connectivity index (χ0n) is 17.7. The van der Waals surface area contributed by atoms with Gasteiger partial charge in [0.15, 0.2) is 11.0 Å². The van der Waals surface area contributed by atoms with Crippen molar-refractivity contribution in [2.75, 3.05) is 0 Å². The Hall–Kier alpha value is -1.99. The van der Waals surface area contributed by atoms with Crippen LogP contribution in [0.2, 0.25) is 15.1 Å². The quantitative estimate of drug-likeness (QED) is 0.253. The molecule has 1 heterocycles. The van der Waals surface area contributed by atoms with Crippen LogP contribution >= 0.6 is 46.6 Å². The van der Waals surface area contributed by atoms with Crippen molar-refractivity contribution >= 4 is 52.5 Å². The van der Waals surface area contributed by atoms with Gasteiger partial charge in [0.2, 0.25) is 0 Å². The van der Waals surface area contributed by atoms with Crippen LogP contribution in [0.5, 0.6) is 0 Å². The van der Waals surface area contributed by atoms with E-state index in [9.17, 15) is 4.79 Å². The largest absolute Gasteiger partial charge is 0.342 e. The van der Waals surface area contributed by atoms with E-state index in [1.165, 1.54) is 0 Å². The Labute approximate surface area is 207 Å². The van der Waals surface area contributed by atoms with Crippen molar-refractivity contribution in [3.8, 4) is 0 Å². The van der Waals surface area contributed by atoms with Gasteiger partial charge >= 0.3 is 0 Å². The number of benzene rings is 2. The van der Waals surface area contributed by atoms with Gasteiger partial charge in [-0.2, -0.15) is 0 Å². The molecule has 0 fully saturated rings. The summed E-state index contributed by atoms with van der Waals surface area (Å²) >= 11 is 19.7. The number of hydrogen-bond donors (Lipinski definition) is 1. The maximum absolute atomic E-state index is 12.9. The molecule has 1 atom stereocenters. The number of rotatable bonds is 9. The van der Waals surface area contributed by atoms with Crippen molar-refractivity contribution in [1.29, 1.82) is 0 Å². The van der Waals surface area contributed by atoms with Crippen LogP contribution in [0.1, 0.15) is 41.6 Å². The monoisotopic (exact) mass is 508 g/mol. The first-order valence-electron chi connectivity index (χ1n) is 9.97. The third-order valence-corrected chi connectivity index (χ3v) is 6.58. The number of allylic oxidation sites excluding steroid dienone is 1. The van der Waals surface area contributed by atoms with E-state index < -0.39 is 0 Å². The fourth-order valence-electron chi connectivity index (χ4n) is 3.09. The average Bonchev–Trinajstić information content (AvgIpc) is 3.13. The number of amides is 1. The summed E-state index contributed by atoms with van der Waals surface area (Å²) in [7, 11) is 0. The van der Waals surface area contributed by atoms with Gasteiger partial charge in [-0.1, -0.05) is 78.6 Å². The predicted octanol–water partition coefficient (Wildman–Crippen LogP) is 6.84. The molecule has 1 N–H and O–H groups in total. The molecule has 0 aliphatic carbocycles. The topological polar surface area (TPSA) is 59.8 Å². The second-order valence-corrected chi connectivity index (χ2v) is 9.70. The van der Waals surface area contributed by atoms with Crippen molar-refractivity contribution in [3.05, 3.63) is 87.1 Å². The number of carbonyl (C=O) groups is 1. The first-order chi connectivity index (χ1) is 15.3. The number of nitrogens with one attached hydrogen (secondary N) is 1. The maximum Gasteiger partial charge on any atom is 0.253 e. The van der Waals surface area contributed by atoms with Gasteiger partial charge in [0, 0.05) is 22.3 Å². The van der Waals surface area contributed by atoms with Crippen LogP contribution in [0.3, 0.4) is 0 Å². The zero-order valence-corrected chi connectivity index (χ0v) is 20.8. The minimum absolute atomic E-state index is 0.0620. The predicted molar refractivity (Wildman–Crippen MR) is 133 cm³/mol. The van der Waals surface area contributed by atoms with Crippen LogP contribution in [0.4, 0.5) is 0 Å². The van der Waals surface area contributed by atoms with Gasteiger partial charge in [-0.05, 0) is 41.8 Å². The molecule has 0 spiro atoms. The minimum atomic E-state index is -0.369. The van der Waals surface area contributed by atoms with E-state index in [4.69, 9.17) is 34.8 Å². The normalized spacial score (nSPS) is 12.1. The maximum atomic E-state index is 12.9. The van der Waals surface area contributed by atoms with E-state index in [0.717, 1.165) is 10.7 Å². The Balaban J connectivity index is 1.84. The first-order valence-corrected chi connectivity index (χ1v) is 12.1. The van der Waals surface area contributed by atoms with E-state index in [1.54, 1.807) is 36.0 Å². The molecule has 3 aromatic rings. The summed E-state index contributed by atoms with van der Waals surface area (Å²) in [5.74, 6) is 1.14. The summed E-state index contributed by atoms with van der Waals surface area (Å²) in [5, 5.41) is 14.1. The van der Waals surface area contributed by atoms with E-state index in [0.29, 0.717) is 38.8 Å². The van der Waals surface area contributed by atoms with E-state index >= 15 is 0 Å². The summed E-state index contributed by atoms with van der Waals surface area (Å²) < 4.78 is 1.97. The molecule has 9 heteroatoms. The summed E-state index contributed by atoms with van der Waals surface area (Å²) in [6.45, 7) is 8.41. The van der Waals surface area contributed by atoms with Gasteiger partial charge in [-0.25, -0.2) is 0 Å². The highest BCUT2D eigenvalue weighted by atomic mass is 35.5. The van der Waals surface area contributed by atoms with Gasteiger partial charge in [0.05, 0.1) is 16.6 Å². The van der Waals surface area contributed by atoms with Crippen molar-refractivity contribution in [1.82, 2.24) is 20.1 Å². The number of carbonyl (C=O) groups excluding carboxylic acids is 1. The van der Waals surface area contributed by atoms with Crippen LogP contribution in [-0.2, 0) is 12.3 Å². The summed E-state index contributed by atoms with van der Waals surface area (Å²) in [5.41, 5.74) is 1.48. The first kappa shape index (κ1) is 24.6. The van der Waals surface area contributed by atoms with Crippen molar-refractivity contribution in [3.63, 3.8) is 0 Å². The summed E-state index contributed by atoms with van der Waals surface area (Å²) in [6.07, 6.45) is 1.79. The molecule has 5 nitrogen and oxygen atoms in total. The highest BCUT2D eigenvalue weighted by Crippen LogP contribution is 2.28. The van der Waals surface area contributed by atoms with Crippen LogP contribution in [0.25, 0.3) is 0 Å². The van der Waals surface area contributed by atoms with Crippen LogP contribution in [0.15, 0.2) is 60.3 Å². The molecule has 32 heavy (non-hydrogen) atoms. The smallest absolute Gasteiger partial charge is 0.253 e. The van der Waals surface area contributed by atoms with Crippen LogP contribution < -0.4 is 5.32 Å². The van der Waals surface area contributed by atoms with Gasteiger partial charge in [-0.15, -0.1) is 16.8 Å². The minimum Gasteiger partial charge on any atom is -0.342 e. The Morgan fingerprint density at radius 3 is 2.44 bits per heavy atom. The van der Waals surface area contributed by atoms with Crippen molar-refractivity contribution < 1.29 is 4.79 Å². The highest BCUT2D eigenvalue weighted by Gasteiger charge is 2.27. The Kier molecular flexibility index (Phi) is 8.65. The lowest BCUT2D eigenvalue weighted by Crippen LogP contribution is -2.34. The molecule has 0 bridgehead atoms. The lowest BCUT2D eigenvalue weighted by atomic mass is 10.0. The summed E-state index contributed by atoms with van der Waals surface area (Å²) in [6, 6.07) is 12.1. The summed E-state index contributed by atoms with van der Waals surface area (Å²) in [4.78, 5) is 12.9. The van der Waals surface area contributed by atoms with Crippen LogP contribution in [0, 0.1) is 5.92 Å². The molecular weight excluding hydrogens is 487 g/mol. The molecule has 0 aliphatic heterocycles. The number of halogens is 3. The molecule has 1 aromatic heterocycles. The zero-order chi connectivity index (χ0) is 23.3. The molecule has 168 valence electrons. The molecule has 0 saturated heterocycles. The second-order valence-electron chi connectivity index (χ2n) is 7.47. The average molecular weight is 510 g/mol. The van der Waals surface area contributed by atoms with Crippen LogP contribution in [-0.4, -0.2) is 20.7 Å². The molecule has 2 aromatic carbocycles. The third kappa shape index (κ3) is 6.07. The Morgan fingerprint density at radius 1 is 1.12 bits per heavy atom. The number of nitrogens with zero attached hydrogens (tertiary/aromatic N) is 3. The van der Waals surface area contributed by atoms with Gasteiger partial charge < -0.3 is 9.88 Å². The van der Waals surface area contributed by atoms with Gasteiger partial charge in [-0.3, -0.25) is 4.79 Å². The molecule has 0 aliphatic rings. The Bertz CT molecular complexity index is 1100. The van der Waals surface area contributed by atoms with E-state index in [1.807, 2.05) is 42.7 Å². The SMILES string of the molecule is C=CCn1c(SCc2ccc(Cl)cc2)nnc1[C@H](NC(=O)c1ccc(Cl)cc1Cl)C(C)C. The molecule has 0 unspecified atom stereocenters. The standard InChI is InChI=1S/C23H23Cl3N4OS/c1-4-11-30-21(28-29-23(30)32-13-15-5-7-16(24)8-6-15)20(14(2)3)27-22(31)18-10-9-17(25)12-19(18)26/h4-10,12,14,20H,1,11,13H2,2-3H3,(H,27,31)/t20-/m1/s1. The molecule has 0 saturated carbocycles. The van der Waals surface area contributed by atoms with Gasteiger partial charge in [0.25, 0.3) is 5.91 Å². The second kappa shape index (κ2) is 11.2. The van der Waals surface area contributed by atoms with E-state index in [-0.39, 0.29) is 17.9 Å². The fourth-order valence-corrected chi connectivity index (χ4v) is 4.62. The number of aromatic nitrogens is 3. The van der Waals surface area contributed by atoms with Gasteiger partial charge in [0.1, 0.15) is 0 Å².